The molecule has 0 aliphatic heterocycles. The molecule has 5 nitrogen and oxygen atoms in total. The number of rotatable bonds is 6. The van der Waals surface area contributed by atoms with Gasteiger partial charge < -0.3 is 15.4 Å². The Morgan fingerprint density at radius 3 is 2.25 bits per heavy atom. The highest BCUT2D eigenvalue weighted by molar-refractivity contribution is 7.90. The van der Waals surface area contributed by atoms with E-state index in [9.17, 15) is 8.42 Å². The minimum absolute atomic E-state index is 0.0630. The Morgan fingerprint density at radius 2 is 1.81 bits per heavy atom. The summed E-state index contributed by atoms with van der Waals surface area (Å²) in [7, 11) is -1.37. The van der Waals surface area contributed by atoms with Gasteiger partial charge in [-0.3, -0.25) is 0 Å². The predicted molar refractivity (Wildman–Crippen MR) is 69.4 cm³/mol. The topological polar surface area (TPSA) is 67.4 Å². The predicted octanol–water partition coefficient (Wildman–Crippen LogP) is -0.0815. The molecule has 2 N–H and O–H groups in total. The van der Waals surface area contributed by atoms with Gasteiger partial charge in [-0.05, 0) is 26.1 Å². The van der Waals surface area contributed by atoms with Crippen LogP contribution in [-0.2, 0) is 14.6 Å². The van der Waals surface area contributed by atoms with Crippen LogP contribution >= 0.6 is 12.2 Å². The molecule has 16 heavy (non-hydrogen) atoms. The van der Waals surface area contributed by atoms with Crippen molar-refractivity contribution in [1.29, 1.82) is 0 Å². The maximum Gasteiger partial charge on any atom is 0.166 e. The minimum atomic E-state index is -2.98. The van der Waals surface area contributed by atoms with Crippen molar-refractivity contribution in [3.63, 3.8) is 0 Å². The Bertz CT molecular complexity index is 317. The molecule has 0 aliphatic rings. The van der Waals surface area contributed by atoms with Gasteiger partial charge >= 0.3 is 0 Å². The lowest BCUT2D eigenvalue weighted by Crippen LogP contribution is -2.47. The Morgan fingerprint density at radius 1 is 1.31 bits per heavy atom. The quantitative estimate of drug-likeness (QED) is 0.657. The molecule has 0 radical (unpaired) electrons. The van der Waals surface area contributed by atoms with Gasteiger partial charge in [0, 0.05) is 25.4 Å². The normalized spacial score (nSPS) is 15.2. The van der Waals surface area contributed by atoms with E-state index in [0.29, 0.717) is 11.7 Å². The number of hydrogen-bond acceptors (Lipinski definition) is 4. The van der Waals surface area contributed by atoms with Gasteiger partial charge in [0.05, 0.1) is 12.4 Å². The monoisotopic (exact) mass is 268 g/mol. The maximum atomic E-state index is 11.0. The van der Waals surface area contributed by atoms with E-state index in [4.69, 9.17) is 17.0 Å². The second kappa shape index (κ2) is 7.03. The molecule has 0 saturated heterocycles. The number of hydrogen-bond donors (Lipinski definition) is 2. The molecule has 0 rings (SSSR count). The summed E-state index contributed by atoms with van der Waals surface area (Å²) in [6.07, 6.45) is 1.20. The van der Waals surface area contributed by atoms with Crippen molar-refractivity contribution in [2.45, 2.75) is 25.9 Å². The molecule has 0 amide bonds. The van der Waals surface area contributed by atoms with Crippen LogP contribution in [0.3, 0.4) is 0 Å². The molecule has 2 unspecified atom stereocenters. The van der Waals surface area contributed by atoms with Crippen LogP contribution in [0.25, 0.3) is 0 Å². The molecular formula is C9H20N2O3S2. The summed E-state index contributed by atoms with van der Waals surface area (Å²) < 4.78 is 27.0. The Balaban J connectivity index is 3.96. The fourth-order valence-electron chi connectivity index (χ4n) is 1.28. The summed E-state index contributed by atoms with van der Waals surface area (Å²) in [4.78, 5) is 0. The van der Waals surface area contributed by atoms with Crippen molar-refractivity contribution < 1.29 is 13.2 Å². The highest BCUT2D eigenvalue weighted by Crippen LogP contribution is 1.91. The third kappa shape index (κ3) is 8.87. The fraction of sp³-hybridized carbons (Fsp3) is 0.889. The van der Waals surface area contributed by atoms with Crippen molar-refractivity contribution in [2.75, 3.05) is 25.7 Å². The van der Waals surface area contributed by atoms with Crippen LogP contribution in [0.1, 0.15) is 13.8 Å². The van der Waals surface area contributed by atoms with Crippen molar-refractivity contribution in [3.8, 4) is 0 Å². The lowest BCUT2D eigenvalue weighted by Gasteiger charge is -2.19. The first-order valence-corrected chi connectivity index (χ1v) is 7.45. The van der Waals surface area contributed by atoms with Gasteiger partial charge in [-0.25, -0.2) is 8.42 Å². The van der Waals surface area contributed by atoms with Crippen molar-refractivity contribution >= 4 is 27.2 Å². The van der Waals surface area contributed by atoms with Gasteiger partial charge in [-0.1, -0.05) is 0 Å². The maximum absolute atomic E-state index is 11.0. The molecule has 0 aromatic heterocycles. The van der Waals surface area contributed by atoms with Crippen LogP contribution in [-0.4, -0.2) is 51.3 Å². The molecule has 0 aromatic carbocycles. The molecule has 0 bridgehead atoms. The van der Waals surface area contributed by atoms with E-state index in [-0.39, 0.29) is 17.8 Å². The van der Waals surface area contributed by atoms with Crippen molar-refractivity contribution in [3.05, 3.63) is 0 Å². The largest absolute Gasteiger partial charge is 0.383 e. The smallest absolute Gasteiger partial charge is 0.166 e. The number of nitrogens with one attached hydrogen (secondary N) is 2. The lowest BCUT2D eigenvalue weighted by atomic mass is 10.3. The number of thiocarbonyl (C=S) groups is 1. The zero-order valence-electron chi connectivity index (χ0n) is 10.1. The molecule has 7 heteroatoms. The molecule has 0 heterocycles. The zero-order valence-corrected chi connectivity index (χ0v) is 11.7. The van der Waals surface area contributed by atoms with Gasteiger partial charge in [-0.2, -0.15) is 0 Å². The molecule has 0 aliphatic carbocycles. The number of methoxy groups -OCH3 is 1. The molecule has 0 spiro atoms. The first-order valence-electron chi connectivity index (χ1n) is 4.98. The second-order valence-corrected chi connectivity index (χ2v) is 6.56. The van der Waals surface area contributed by atoms with E-state index < -0.39 is 9.84 Å². The summed E-state index contributed by atoms with van der Waals surface area (Å²) in [5.41, 5.74) is 0. The van der Waals surface area contributed by atoms with Crippen LogP contribution < -0.4 is 10.6 Å². The fourth-order valence-corrected chi connectivity index (χ4v) is 2.67. The molecule has 96 valence electrons. The van der Waals surface area contributed by atoms with Crippen LogP contribution in [0.15, 0.2) is 0 Å². The summed E-state index contributed by atoms with van der Waals surface area (Å²) in [5, 5.41) is 6.35. The molecular weight excluding hydrogens is 248 g/mol. The van der Waals surface area contributed by atoms with Crippen LogP contribution in [0.2, 0.25) is 0 Å². The third-order valence-electron chi connectivity index (χ3n) is 1.72. The van der Waals surface area contributed by atoms with Gasteiger partial charge in [-0.15, -0.1) is 0 Å². The summed E-state index contributed by atoms with van der Waals surface area (Å²) in [6.45, 7) is 4.25. The zero-order chi connectivity index (χ0) is 12.8. The first-order chi connectivity index (χ1) is 7.24. The van der Waals surface area contributed by atoms with Crippen LogP contribution in [0.5, 0.6) is 0 Å². The SMILES string of the molecule is COCC(C)NC(=S)NC(C)CS(C)(=O)=O. The van der Waals surface area contributed by atoms with E-state index in [1.807, 2.05) is 6.92 Å². The second-order valence-electron chi connectivity index (χ2n) is 3.97. The molecule has 2 atom stereocenters. The van der Waals surface area contributed by atoms with Gasteiger partial charge in [0.2, 0.25) is 0 Å². The summed E-state index contributed by atoms with van der Waals surface area (Å²) in [5.74, 6) is 0.0630. The standard InChI is InChI=1S/C9H20N2O3S2/c1-7(5-14-3)10-9(15)11-8(2)6-16(4,12)13/h7-8H,5-6H2,1-4H3,(H2,10,11,15). The highest BCUT2D eigenvalue weighted by Gasteiger charge is 2.12. The Kier molecular flexibility index (Phi) is 6.85. The van der Waals surface area contributed by atoms with Crippen LogP contribution in [0, 0.1) is 0 Å². The molecule has 0 fully saturated rings. The summed E-state index contributed by atoms with van der Waals surface area (Å²) in [6, 6.07) is -0.111. The van der Waals surface area contributed by atoms with E-state index in [1.165, 1.54) is 6.26 Å². The Hall–Kier alpha value is -0.400. The Labute approximate surface area is 103 Å². The average molecular weight is 268 g/mol. The molecule has 0 aromatic rings. The van der Waals surface area contributed by atoms with Gasteiger partial charge in [0.15, 0.2) is 5.11 Å². The van der Waals surface area contributed by atoms with E-state index in [1.54, 1.807) is 14.0 Å². The number of sulfone groups is 1. The van der Waals surface area contributed by atoms with E-state index in [2.05, 4.69) is 10.6 Å². The summed E-state index contributed by atoms with van der Waals surface area (Å²) >= 11 is 5.04. The average Bonchev–Trinajstić information content (AvgIpc) is 1.98. The van der Waals surface area contributed by atoms with Crippen molar-refractivity contribution in [2.24, 2.45) is 0 Å². The van der Waals surface area contributed by atoms with Gasteiger partial charge in [0.1, 0.15) is 9.84 Å². The first kappa shape index (κ1) is 15.6. The highest BCUT2D eigenvalue weighted by atomic mass is 32.2. The van der Waals surface area contributed by atoms with E-state index in [0.717, 1.165) is 0 Å². The van der Waals surface area contributed by atoms with Crippen LogP contribution in [0.4, 0.5) is 0 Å². The number of ether oxygens (including phenoxy) is 1. The van der Waals surface area contributed by atoms with E-state index >= 15 is 0 Å². The third-order valence-corrected chi connectivity index (χ3v) is 3.07. The van der Waals surface area contributed by atoms with Gasteiger partial charge in [0.25, 0.3) is 0 Å². The molecule has 0 saturated carbocycles. The lowest BCUT2D eigenvalue weighted by molar-refractivity contribution is 0.179. The minimum Gasteiger partial charge on any atom is -0.383 e. The van der Waals surface area contributed by atoms with Crippen molar-refractivity contribution in [1.82, 2.24) is 10.6 Å².